The Morgan fingerprint density at radius 2 is 1.75 bits per heavy atom. The first-order chi connectivity index (χ1) is 11.6. The third kappa shape index (κ3) is 5.05. The molecule has 2 aromatic carbocycles. The molecule has 7 heteroatoms. The average molecular weight is 332 g/mol. The van der Waals surface area contributed by atoms with Gasteiger partial charge in [0.15, 0.2) is 5.75 Å². The van der Waals surface area contributed by atoms with E-state index < -0.39 is 4.92 Å². The summed E-state index contributed by atoms with van der Waals surface area (Å²) in [6.07, 6.45) is 1.46. The second kappa shape index (κ2) is 8.61. The van der Waals surface area contributed by atoms with Crippen molar-refractivity contribution < 1.29 is 19.5 Å². The van der Waals surface area contributed by atoms with Crippen molar-refractivity contribution in [3.8, 4) is 17.2 Å². The topological polar surface area (TPSA) is 93.9 Å². The first-order valence-corrected chi connectivity index (χ1v) is 7.61. The van der Waals surface area contributed by atoms with Crippen molar-refractivity contribution in [2.24, 2.45) is 0 Å². The lowest BCUT2D eigenvalue weighted by Gasteiger charge is -2.09. The fraction of sp³-hybridized carbons (Fsp3) is 0.294. The number of hydrogen-bond donors (Lipinski definition) is 2. The van der Waals surface area contributed by atoms with Crippen LogP contribution >= 0.6 is 0 Å². The number of nitrogens with one attached hydrogen (secondary N) is 1. The van der Waals surface area contributed by atoms with Gasteiger partial charge in [-0.2, -0.15) is 0 Å². The number of anilines is 1. The molecule has 0 fully saturated rings. The van der Waals surface area contributed by atoms with Gasteiger partial charge >= 0.3 is 5.69 Å². The summed E-state index contributed by atoms with van der Waals surface area (Å²) in [6.45, 7) is 0.883. The van der Waals surface area contributed by atoms with Gasteiger partial charge in [0.05, 0.1) is 18.1 Å². The van der Waals surface area contributed by atoms with Gasteiger partial charge in [0.25, 0.3) is 0 Å². The number of rotatable bonds is 9. The Morgan fingerprint density at radius 3 is 2.38 bits per heavy atom. The van der Waals surface area contributed by atoms with E-state index in [1.807, 2.05) is 0 Å². The third-order valence-electron chi connectivity index (χ3n) is 3.35. The van der Waals surface area contributed by atoms with Gasteiger partial charge in [-0.05, 0) is 49.2 Å². The summed E-state index contributed by atoms with van der Waals surface area (Å²) in [5.41, 5.74) is 0.610. The van der Waals surface area contributed by atoms with Crippen molar-refractivity contribution in [2.45, 2.75) is 12.8 Å². The fourth-order valence-electron chi connectivity index (χ4n) is 2.06. The number of aromatic hydroxyl groups is 1. The predicted molar refractivity (Wildman–Crippen MR) is 91.0 cm³/mol. The molecule has 0 aliphatic carbocycles. The quantitative estimate of drug-likeness (QED) is 0.414. The number of unbranched alkanes of at least 4 members (excludes halogenated alkanes) is 1. The number of hydrogen-bond acceptors (Lipinski definition) is 6. The van der Waals surface area contributed by atoms with Crippen LogP contribution in [0, 0.1) is 10.1 Å². The van der Waals surface area contributed by atoms with Crippen LogP contribution in [0.1, 0.15) is 12.8 Å². The van der Waals surface area contributed by atoms with Crippen LogP contribution in [0.3, 0.4) is 0 Å². The van der Waals surface area contributed by atoms with E-state index in [0.717, 1.165) is 6.42 Å². The lowest BCUT2D eigenvalue weighted by molar-refractivity contribution is -0.385. The lowest BCUT2D eigenvalue weighted by atomic mass is 10.2. The van der Waals surface area contributed by atoms with Crippen molar-refractivity contribution >= 4 is 11.4 Å². The van der Waals surface area contributed by atoms with Crippen LogP contribution in [0.25, 0.3) is 0 Å². The molecule has 0 amide bonds. The van der Waals surface area contributed by atoms with Gasteiger partial charge in [-0.3, -0.25) is 10.1 Å². The first-order valence-electron chi connectivity index (χ1n) is 7.61. The largest absolute Gasteiger partial charge is 0.508 e. The minimum absolute atomic E-state index is 0.0535. The van der Waals surface area contributed by atoms with Gasteiger partial charge < -0.3 is 19.9 Å². The van der Waals surface area contributed by atoms with Crippen molar-refractivity contribution in [3.63, 3.8) is 0 Å². The number of benzene rings is 2. The molecule has 2 N–H and O–H groups in total. The van der Waals surface area contributed by atoms with E-state index in [4.69, 9.17) is 9.47 Å². The molecule has 7 nitrogen and oxygen atoms in total. The second-order valence-corrected chi connectivity index (χ2v) is 5.09. The van der Waals surface area contributed by atoms with Gasteiger partial charge in [-0.15, -0.1) is 0 Å². The number of phenols is 1. The van der Waals surface area contributed by atoms with Crippen LogP contribution in [0.2, 0.25) is 0 Å². The van der Waals surface area contributed by atoms with Crippen LogP contribution in [0.4, 0.5) is 11.4 Å². The Labute approximate surface area is 140 Å². The maximum atomic E-state index is 11.1. The Hall–Kier alpha value is -2.96. The van der Waals surface area contributed by atoms with E-state index in [2.05, 4.69) is 5.32 Å². The molecule has 0 spiro atoms. The van der Waals surface area contributed by atoms with Gasteiger partial charge in [0.2, 0.25) is 0 Å². The monoisotopic (exact) mass is 332 g/mol. The Morgan fingerprint density at radius 1 is 1.08 bits per heavy atom. The minimum Gasteiger partial charge on any atom is -0.508 e. The van der Waals surface area contributed by atoms with Gasteiger partial charge in [0.1, 0.15) is 11.5 Å². The summed E-state index contributed by atoms with van der Waals surface area (Å²) in [6, 6.07) is 11.3. The van der Waals surface area contributed by atoms with Crippen molar-refractivity contribution in [1.29, 1.82) is 0 Å². The highest BCUT2D eigenvalue weighted by Crippen LogP contribution is 2.30. The molecule has 0 bridgehead atoms. The molecule has 0 unspecified atom stereocenters. The van der Waals surface area contributed by atoms with Crippen LogP contribution < -0.4 is 14.8 Å². The van der Waals surface area contributed by atoms with Crippen molar-refractivity contribution in [1.82, 2.24) is 0 Å². The molecular weight excluding hydrogens is 312 g/mol. The van der Waals surface area contributed by atoms with Crippen molar-refractivity contribution in [2.75, 3.05) is 25.6 Å². The molecular formula is C17H20N2O5. The van der Waals surface area contributed by atoms with Gasteiger partial charge in [-0.1, -0.05) is 0 Å². The van der Waals surface area contributed by atoms with Crippen LogP contribution in [0.5, 0.6) is 17.2 Å². The smallest absolute Gasteiger partial charge is 0.312 e. The van der Waals surface area contributed by atoms with Crippen molar-refractivity contribution in [3.05, 3.63) is 52.6 Å². The van der Waals surface area contributed by atoms with Crippen LogP contribution in [-0.4, -0.2) is 30.3 Å². The molecule has 0 atom stereocenters. The maximum absolute atomic E-state index is 11.1. The van der Waals surface area contributed by atoms with E-state index in [9.17, 15) is 15.2 Å². The molecule has 0 aromatic heterocycles. The summed E-state index contributed by atoms with van der Waals surface area (Å²) in [4.78, 5) is 10.6. The second-order valence-electron chi connectivity index (χ2n) is 5.09. The molecule has 24 heavy (non-hydrogen) atoms. The Bertz CT molecular complexity index is 673. The molecule has 0 heterocycles. The molecule has 0 aliphatic heterocycles. The predicted octanol–water partition coefficient (Wildman–Crippen LogP) is 3.58. The molecule has 128 valence electrons. The molecule has 2 rings (SSSR count). The number of ether oxygens (including phenoxy) is 2. The lowest BCUT2D eigenvalue weighted by Crippen LogP contribution is -2.04. The highest BCUT2D eigenvalue weighted by atomic mass is 16.6. The summed E-state index contributed by atoms with van der Waals surface area (Å²) >= 11 is 0. The highest BCUT2D eigenvalue weighted by Gasteiger charge is 2.15. The minimum atomic E-state index is -0.454. The average Bonchev–Trinajstić information content (AvgIpc) is 2.59. The van der Waals surface area contributed by atoms with E-state index in [0.29, 0.717) is 31.1 Å². The maximum Gasteiger partial charge on any atom is 0.312 e. The number of nitrogens with zero attached hydrogens (tertiary/aromatic N) is 1. The molecule has 2 aromatic rings. The van der Waals surface area contributed by atoms with Crippen LogP contribution in [0.15, 0.2) is 42.5 Å². The SMILES string of the molecule is CNc1ccc(OCCCCOc2ccc(O)cc2)c([N+](=O)[O-])c1. The first kappa shape index (κ1) is 17.4. The van der Waals surface area contributed by atoms with E-state index in [1.54, 1.807) is 43.4 Å². The molecule has 0 saturated heterocycles. The zero-order valence-electron chi connectivity index (χ0n) is 13.4. The van der Waals surface area contributed by atoms with E-state index >= 15 is 0 Å². The Kier molecular flexibility index (Phi) is 6.24. The zero-order valence-corrected chi connectivity index (χ0v) is 13.4. The van der Waals surface area contributed by atoms with E-state index in [-0.39, 0.29) is 17.2 Å². The van der Waals surface area contributed by atoms with Gasteiger partial charge in [0, 0.05) is 18.8 Å². The fourth-order valence-corrected chi connectivity index (χ4v) is 2.06. The summed E-state index contributed by atoms with van der Waals surface area (Å²) in [5, 5.41) is 23.1. The molecule has 0 aliphatic rings. The highest BCUT2D eigenvalue weighted by molar-refractivity contribution is 5.58. The summed E-state index contributed by atoms with van der Waals surface area (Å²) in [7, 11) is 1.70. The van der Waals surface area contributed by atoms with Gasteiger partial charge in [-0.25, -0.2) is 0 Å². The summed E-state index contributed by atoms with van der Waals surface area (Å²) in [5.74, 6) is 1.15. The molecule has 0 radical (unpaired) electrons. The Balaban J connectivity index is 1.74. The number of phenolic OH excluding ortho intramolecular Hbond substituents is 1. The number of nitro benzene ring substituents is 1. The number of nitro groups is 1. The normalized spacial score (nSPS) is 10.2. The summed E-state index contributed by atoms with van der Waals surface area (Å²) < 4.78 is 11.0. The third-order valence-corrected chi connectivity index (χ3v) is 3.35. The standard InChI is InChI=1S/C17H20N2O5/c1-18-13-4-9-17(16(12-13)19(21)22)24-11-3-2-10-23-15-7-5-14(20)6-8-15/h4-9,12,18,20H,2-3,10-11H2,1H3. The van der Waals surface area contributed by atoms with Crippen LogP contribution in [-0.2, 0) is 0 Å². The zero-order chi connectivity index (χ0) is 17.4. The molecule has 0 saturated carbocycles. The van der Waals surface area contributed by atoms with E-state index in [1.165, 1.54) is 6.07 Å².